The predicted octanol–water partition coefficient (Wildman–Crippen LogP) is 3.06. The summed E-state index contributed by atoms with van der Waals surface area (Å²) in [5, 5.41) is 0.324. The van der Waals surface area contributed by atoms with Crippen LogP contribution in [0.3, 0.4) is 0 Å². The fourth-order valence-electron chi connectivity index (χ4n) is 3.53. The minimum atomic E-state index is -3.13. The van der Waals surface area contributed by atoms with E-state index in [1.54, 1.807) is 17.0 Å². The Bertz CT molecular complexity index is 1010. The van der Waals surface area contributed by atoms with Gasteiger partial charge in [-0.25, -0.2) is 12.8 Å². The fourth-order valence-corrected chi connectivity index (χ4v) is 7.46. The van der Waals surface area contributed by atoms with Crippen LogP contribution in [0.5, 0.6) is 0 Å². The summed E-state index contributed by atoms with van der Waals surface area (Å²) in [6.07, 6.45) is 0.873. The summed E-state index contributed by atoms with van der Waals surface area (Å²) >= 11 is 1.32. The first-order valence-electron chi connectivity index (χ1n) is 8.99. The molecule has 0 aliphatic carbocycles. The highest BCUT2D eigenvalue weighted by molar-refractivity contribution is 8.16. The lowest BCUT2D eigenvalue weighted by Gasteiger charge is -2.24. The Morgan fingerprint density at radius 3 is 2.54 bits per heavy atom. The van der Waals surface area contributed by atoms with E-state index in [0.717, 1.165) is 5.56 Å². The standard InChI is InChI=1S/C20H19FN2O3S2/c21-15-7-9-16(10-8-15)23-17-12-28(25,26)13-18(17)27-20(23)22-19(24)11-6-14-4-2-1-3-5-14/h1-5,7-10,17-18H,6,11-13H2/t17-,18+/m1/s1. The summed E-state index contributed by atoms with van der Waals surface area (Å²) in [5.74, 6) is -0.541. The van der Waals surface area contributed by atoms with Crippen LogP contribution >= 0.6 is 11.8 Å². The third kappa shape index (κ3) is 4.12. The van der Waals surface area contributed by atoms with Crippen molar-refractivity contribution >= 4 is 38.4 Å². The third-order valence-corrected chi connectivity index (χ3v) is 8.07. The van der Waals surface area contributed by atoms with Crippen LogP contribution in [0.4, 0.5) is 10.1 Å². The molecule has 1 amide bonds. The quantitative estimate of drug-likeness (QED) is 0.764. The smallest absolute Gasteiger partial charge is 0.248 e. The predicted molar refractivity (Wildman–Crippen MR) is 110 cm³/mol. The number of anilines is 1. The van der Waals surface area contributed by atoms with Gasteiger partial charge in [-0.3, -0.25) is 4.79 Å². The van der Waals surface area contributed by atoms with Gasteiger partial charge in [-0.05, 0) is 36.2 Å². The van der Waals surface area contributed by atoms with Crippen LogP contribution in [0.2, 0.25) is 0 Å². The molecule has 2 aliphatic heterocycles. The molecule has 0 aromatic heterocycles. The van der Waals surface area contributed by atoms with Crippen molar-refractivity contribution in [2.24, 2.45) is 4.99 Å². The van der Waals surface area contributed by atoms with Crippen molar-refractivity contribution in [3.8, 4) is 0 Å². The molecule has 0 saturated carbocycles. The Balaban J connectivity index is 1.56. The summed E-state index contributed by atoms with van der Waals surface area (Å²) in [5.41, 5.74) is 1.71. The number of halogens is 1. The van der Waals surface area contributed by atoms with Crippen molar-refractivity contribution in [1.82, 2.24) is 0 Å². The number of thioether (sulfide) groups is 1. The van der Waals surface area contributed by atoms with E-state index >= 15 is 0 Å². The zero-order valence-corrected chi connectivity index (χ0v) is 16.6. The molecule has 4 rings (SSSR count). The molecule has 8 heteroatoms. The number of aliphatic imine (C=N–C) groups is 1. The van der Waals surface area contributed by atoms with E-state index in [2.05, 4.69) is 4.99 Å². The highest BCUT2D eigenvalue weighted by Gasteiger charge is 2.49. The molecule has 2 aromatic carbocycles. The van der Waals surface area contributed by atoms with Crippen LogP contribution in [0, 0.1) is 5.82 Å². The molecule has 0 unspecified atom stereocenters. The molecular weight excluding hydrogens is 399 g/mol. The molecular formula is C20H19FN2O3S2. The summed E-state index contributed by atoms with van der Waals surface area (Å²) in [7, 11) is -3.13. The number of hydrogen-bond donors (Lipinski definition) is 0. The number of nitrogens with zero attached hydrogens (tertiary/aromatic N) is 2. The van der Waals surface area contributed by atoms with E-state index in [-0.39, 0.29) is 40.9 Å². The first-order chi connectivity index (χ1) is 13.4. The van der Waals surface area contributed by atoms with Crippen LogP contribution in [0.25, 0.3) is 0 Å². The SMILES string of the molecule is O=C(CCc1ccccc1)N=C1S[C@H]2CS(=O)(=O)C[C@H]2N1c1ccc(F)cc1. The van der Waals surface area contributed by atoms with Gasteiger partial charge in [0.15, 0.2) is 15.0 Å². The Morgan fingerprint density at radius 2 is 1.82 bits per heavy atom. The van der Waals surface area contributed by atoms with E-state index in [1.165, 1.54) is 23.9 Å². The van der Waals surface area contributed by atoms with Gasteiger partial charge >= 0.3 is 0 Å². The van der Waals surface area contributed by atoms with Crippen LogP contribution in [0.15, 0.2) is 59.6 Å². The van der Waals surface area contributed by atoms with Crippen LogP contribution in [-0.2, 0) is 21.1 Å². The number of hydrogen-bond acceptors (Lipinski definition) is 4. The number of carbonyl (C=O) groups is 1. The van der Waals surface area contributed by atoms with Gasteiger partial charge < -0.3 is 4.90 Å². The number of amidine groups is 1. The van der Waals surface area contributed by atoms with Crippen molar-refractivity contribution < 1.29 is 17.6 Å². The zero-order valence-electron chi connectivity index (χ0n) is 15.0. The number of fused-ring (bicyclic) bond motifs is 1. The highest BCUT2D eigenvalue weighted by Crippen LogP contribution is 2.41. The monoisotopic (exact) mass is 418 g/mol. The van der Waals surface area contributed by atoms with Crippen LogP contribution in [0.1, 0.15) is 12.0 Å². The molecule has 0 N–H and O–H groups in total. The normalized spacial score (nSPS) is 24.5. The largest absolute Gasteiger partial charge is 0.316 e. The van der Waals surface area contributed by atoms with Gasteiger partial charge in [0.1, 0.15) is 5.82 Å². The number of amides is 1. The molecule has 2 atom stereocenters. The average Bonchev–Trinajstić information content (AvgIpc) is 3.12. The summed E-state index contributed by atoms with van der Waals surface area (Å²) in [4.78, 5) is 18.5. The number of carbonyl (C=O) groups excluding carboxylic acids is 1. The van der Waals surface area contributed by atoms with Crippen molar-refractivity contribution in [3.63, 3.8) is 0 Å². The number of benzene rings is 2. The molecule has 5 nitrogen and oxygen atoms in total. The van der Waals surface area contributed by atoms with E-state index in [0.29, 0.717) is 17.3 Å². The molecule has 2 aliphatic rings. The first-order valence-corrected chi connectivity index (χ1v) is 11.7. The second-order valence-corrected chi connectivity index (χ2v) is 10.3. The summed E-state index contributed by atoms with van der Waals surface area (Å²) in [6.45, 7) is 0. The van der Waals surface area contributed by atoms with E-state index in [1.807, 2.05) is 30.3 Å². The summed E-state index contributed by atoms with van der Waals surface area (Å²) in [6, 6.07) is 15.2. The lowest BCUT2D eigenvalue weighted by Crippen LogP contribution is -2.37. The maximum atomic E-state index is 13.3. The Morgan fingerprint density at radius 1 is 1.11 bits per heavy atom. The van der Waals surface area contributed by atoms with Crippen molar-refractivity contribution in [1.29, 1.82) is 0 Å². The minimum absolute atomic E-state index is 0.0132. The number of sulfone groups is 1. The third-order valence-electron chi connectivity index (χ3n) is 4.86. The van der Waals surface area contributed by atoms with Gasteiger partial charge in [-0.2, -0.15) is 4.99 Å². The lowest BCUT2D eigenvalue weighted by molar-refractivity contribution is -0.117. The lowest BCUT2D eigenvalue weighted by atomic mass is 10.1. The maximum Gasteiger partial charge on any atom is 0.248 e. The van der Waals surface area contributed by atoms with Crippen molar-refractivity contribution in [2.45, 2.75) is 24.1 Å². The summed E-state index contributed by atoms with van der Waals surface area (Å²) < 4.78 is 37.4. The minimum Gasteiger partial charge on any atom is -0.316 e. The van der Waals surface area contributed by atoms with Crippen LogP contribution in [-0.4, -0.2) is 42.3 Å². The molecule has 146 valence electrons. The second kappa shape index (κ2) is 7.67. The van der Waals surface area contributed by atoms with Gasteiger partial charge in [-0.1, -0.05) is 42.1 Å². The van der Waals surface area contributed by atoms with Gasteiger partial charge in [-0.15, -0.1) is 0 Å². The molecule has 28 heavy (non-hydrogen) atoms. The van der Waals surface area contributed by atoms with E-state index < -0.39 is 9.84 Å². The van der Waals surface area contributed by atoms with Gasteiger partial charge in [0.2, 0.25) is 5.91 Å². The zero-order chi connectivity index (χ0) is 19.7. The second-order valence-electron chi connectivity index (χ2n) is 6.92. The Hall–Kier alpha value is -2.19. The van der Waals surface area contributed by atoms with Gasteiger partial charge in [0.25, 0.3) is 0 Å². The van der Waals surface area contributed by atoms with Gasteiger partial charge in [0, 0.05) is 17.4 Å². The number of aryl methyl sites for hydroxylation is 1. The molecule has 2 aromatic rings. The van der Waals surface area contributed by atoms with E-state index in [9.17, 15) is 17.6 Å². The van der Waals surface area contributed by atoms with Crippen LogP contribution < -0.4 is 4.90 Å². The Kier molecular flexibility index (Phi) is 5.25. The molecule has 2 heterocycles. The molecule has 0 radical (unpaired) electrons. The molecule has 0 spiro atoms. The molecule has 0 bridgehead atoms. The average molecular weight is 419 g/mol. The fraction of sp³-hybridized carbons (Fsp3) is 0.300. The van der Waals surface area contributed by atoms with Crippen molar-refractivity contribution in [3.05, 3.63) is 66.0 Å². The molecule has 2 fully saturated rings. The Labute approximate surface area is 167 Å². The van der Waals surface area contributed by atoms with Crippen molar-refractivity contribution in [2.75, 3.05) is 16.4 Å². The van der Waals surface area contributed by atoms with Gasteiger partial charge in [0.05, 0.1) is 17.5 Å². The topological polar surface area (TPSA) is 66.8 Å². The number of rotatable bonds is 4. The first kappa shape index (κ1) is 19.1. The maximum absolute atomic E-state index is 13.3. The van der Waals surface area contributed by atoms with E-state index in [4.69, 9.17) is 0 Å². The molecule has 2 saturated heterocycles. The highest BCUT2D eigenvalue weighted by atomic mass is 32.2.